The number of nitrogens with zero attached hydrogens (tertiary/aromatic N) is 2. The minimum Gasteiger partial charge on any atom is -0.353 e. The molecule has 106 valence electrons. The van der Waals surface area contributed by atoms with E-state index in [1.54, 1.807) is 0 Å². The summed E-state index contributed by atoms with van der Waals surface area (Å²) in [6.07, 6.45) is 10.6. The molecule has 1 aliphatic carbocycles. The van der Waals surface area contributed by atoms with E-state index in [0.717, 1.165) is 5.95 Å². The van der Waals surface area contributed by atoms with Crippen LogP contribution >= 0.6 is 0 Å². The molecule has 3 heteroatoms. The van der Waals surface area contributed by atoms with E-state index in [1.807, 2.05) is 6.20 Å². The Morgan fingerprint density at radius 2 is 1.90 bits per heavy atom. The number of benzene rings is 1. The van der Waals surface area contributed by atoms with E-state index in [4.69, 9.17) is 0 Å². The van der Waals surface area contributed by atoms with Gasteiger partial charge in [-0.1, -0.05) is 49.6 Å². The Morgan fingerprint density at radius 1 is 1.15 bits per heavy atom. The maximum atomic E-state index is 4.51. The molecule has 1 fully saturated rings. The molecule has 1 aliphatic rings. The van der Waals surface area contributed by atoms with Gasteiger partial charge in [0, 0.05) is 18.4 Å². The van der Waals surface area contributed by atoms with E-state index in [-0.39, 0.29) is 0 Å². The number of hydrogen-bond donors (Lipinski definition) is 1. The number of hydrogen-bond acceptors (Lipinski definition) is 2. The van der Waals surface area contributed by atoms with Gasteiger partial charge in [0.15, 0.2) is 0 Å². The van der Waals surface area contributed by atoms with Crippen LogP contribution in [0.4, 0.5) is 5.95 Å². The Labute approximate surface area is 121 Å². The molecule has 1 aromatic heterocycles. The van der Waals surface area contributed by atoms with Crippen molar-refractivity contribution in [3.8, 4) is 0 Å². The van der Waals surface area contributed by atoms with Gasteiger partial charge < -0.3 is 9.88 Å². The summed E-state index contributed by atoms with van der Waals surface area (Å²) in [4.78, 5) is 4.51. The first kappa shape index (κ1) is 13.2. The summed E-state index contributed by atoms with van der Waals surface area (Å²) < 4.78 is 2.24. The van der Waals surface area contributed by atoms with Crippen LogP contribution in [0.15, 0.2) is 42.7 Å². The molecular weight excluding hydrogens is 246 g/mol. The molecule has 3 rings (SSSR count). The van der Waals surface area contributed by atoms with E-state index in [0.29, 0.717) is 12.1 Å². The van der Waals surface area contributed by atoms with Crippen molar-refractivity contribution in [3.05, 3.63) is 48.3 Å². The van der Waals surface area contributed by atoms with Gasteiger partial charge in [-0.15, -0.1) is 0 Å². The summed E-state index contributed by atoms with van der Waals surface area (Å²) in [7, 11) is 0. The second kappa shape index (κ2) is 6.12. The van der Waals surface area contributed by atoms with Crippen molar-refractivity contribution in [2.45, 2.75) is 51.1 Å². The van der Waals surface area contributed by atoms with E-state index in [9.17, 15) is 0 Å². The molecule has 2 aromatic rings. The molecule has 0 aliphatic heterocycles. The zero-order valence-electron chi connectivity index (χ0n) is 12.1. The van der Waals surface area contributed by atoms with Crippen LogP contribution in [-0.4, -0.2) is 15.6 Å². The van der Waals surface area contributed by atoms with Crippen LogP contribution in [0.25, 0.3) is 0 Å². The van der Waals surface area contributed by atoms with Crippen LogP contribution < -0.4 is 5.32 Å². The Bertz CT molecular complexity index is 526. The Balaban J connectivity index is 1.75. The third-order valence-corrected chi connectivity index (χ3v) is 4.31. The lowest BCUT2D eigenvalue weighted by molar-refractivity contribution is 0.458. The average Bonchev–Trinajstić information content (AvgIpc) is 2.96. The second-order valence-electron chi connectivity index (χ2n) is 5.72. The van der Waals surface area contributed by atoms with Gasteiger partial charge in [0.05, 0.1) is 6.04 Å². The van der Waals surface area contributed by atoms with Crippen LogP contribution in [0.5, 0.6) is 0 Å². The SMILES string of the molecule is CC(c1ccccc1)n1ccnc1NC1CCCCC1. The van der Waals surface area contributed by atoms with Gasteiger partial charge in [0.1, 0.15) is 0 Å². The number of anilines is 1. The molecule has 3 nitrogen and oxygen atoms in total. The van der Waals surface area contributed by atoms with Crippen molar-refractivity contribution in [1.29, 1.82) is 0 Å². The normalized spacial score (nSPS) is 17.9. The highest BCUT2D eigenvalue weighted by Crippen LogP contribution is 2.25. The third-order valence-electron chi connectivity index (χ3n) is 4.31. The highest BCUT2D eigenvalue weighted by atomic mass is 15.2. The van der Waals surface area contributed by atoms with Gasteiger partial charge in [0.25, 0.3) is 0 Å². The Morgan fingerprint density at radius 3 is 2.65 bits per heavy atom. The smallest absolute Gasteiger partial charge is 0.203 e. The molecule has 1 heterocycles. The van der Waals surface area contributed by atoms with Crippen LogP contribution in [0, 0.1) is 0 Å². The predicted octanol–water partition coefficient (Wildman–Crippen LogP) is 4.24. The highest BCUT2D eigenvalue weighted by molar-refractivity contribution is 5.31. The molecule has 0 spiro atoms. The van der Waals surface area contributed by atoms with Gasteiger partial charge in [-0.3, -0.25) is 0 Å². The van der Waals surface area contributed by atoms with E-state index in [1.165, 1.54) is 37.7 Å². The fraction of sp³-hybridized carbons (Fsp3) is 0.471. The first-order valence-electron chi connectivity index (χ1n) is 7.69. The number of aromatic nitrogens is 2. The molecule has 1 N–H and O–H groups in total. The van der Waals surface area contributed by atoms with Crippen LogP contribution in [-0.2, 0) is 0 Å². The molecular formula is C17H23N3. The van der Waals surface area contributed by atoms with Gasteiger partial charge in [-0.2, -0.15) is 0 Å². The molecule has 1 unspecified atom stereocenters. The Kier molecular flexibility index (Phi) is 4.05. The van der Waals surface area contributed by atoms with Crippen molar-refractivity contribution in [2.24, 2.45) is 0 Å². The van der Waals surface area contributed by atoms with Crippen molar-refractivity contribution in [2.75, 3.05) is 5.32 Å². The molecule has 0 amide bonds. The molecule has 20 heavy (non-hydrogen) atoms. The molecule has 0 saturated heterocycles. The first-order valence-corrected chi connectivity index (χ1v) is 7.69. The van der Waals surface area contributed by atoms with E-state index >= 15 is 0 Å². The van der Waals surface area contributed by atoms with Crippen molar-refractivity contribution < 1.29 is 0 Å². The van der Waals surface area contributed by atoms with Crippen molar-refractivity contribution in [1.82, 2.24) is 9.55 Å². The van der Waals surface area contributed by atoms with Gasteiger partial charge >= 0.3 is 0 Å². The lowest BCUT2D eigenvalue weighted by Crippen LogP contribution is -2.25. The first-order chi connectivity index (χ1) is 9.84. The largest absolute Gasteiger partial charge is 0.353 e. The maximum absolute atomic E-state index is 4.51. The number of rotatable bonds is 4. The van der Waals surface area contributed by atoms with Gasteiger partial charge in [-0.05, 0) is 25.3 Å². The summed E-state index contributed by atoms with van der Waals surface area (Å²) in [6.45, 7) is 2.23. The average molecular weight is 269 g/mol. The van der Waals surface area contributed by atoms with Crippen molar-refractivity contribution in [3.63, 3.8) is 0 Å². The van der Waals surface area contributed by atoms with Gasteiger partial charge in [0.2, 0.25) is 5.95 Å². The monoisotopic (exact) mass is 269 g/mol. The topological polar surface area (TPSA) is 29.9 Å². The maximum Gasteiger partial charge on any atom is 0.203 e. The zero-order chi connectivity index (χ0) is 13.8. The summed E-state index contributed by atoms with van der Waals surface area (Å²) in [5.41, 5.74) is 1.32. The van der Waals surface area contributed by atoms with Crippen molar-refractivity contribution >= 4 is 5.95 Å². The van der Waals surface area contributed by atoms with E-state index in [2.05, 4.69) is 58.3 Å². The zero-order valence-corrected chi connectivity index (χ0v) is 12.1. The molecule has 0 bridgehead atoms. The summed E-state index contributed by atoms with van der Waals surface area (Å²) >= 11 is 0. The molecule has 1 atom stereocenters. The third kappa shape index (κ3) is 2.87. The van der Waals surface area contributed by atoms with Crippen LogP contribution in [0.3, 0.4) is 0 Å². The Hall–Kier alpha value is -1.77. The highest BCUT2D eigenvalue weighted by Gasteiger charge is 2.17. The van der Waals surface area contributed by atoms with Crippen LogP contribution in [0.1, 0.15) is 50.6 Å². The summed E-state index contributed by atoms with van der Waals surface area (Å²) in [6, 6.07) is 11.5. The molecule has 0 radical (unpaired) electrons. The van der Waals surface area contributed by atoms with E-state index < -0.39 is 0 Å². The minimum atomic E-state index is 0.310. The minimum absolute atomic E-state index is 0.310. The van der Waals surface area contributed by atoms with Crippen LogP contribution in [0.2, 0.25) is 0 Å². The number of nitrogens with one attached hydrogen (secondary N) is 1. The summed E-state index contributed by atoms with van der Waals surface area (Å²) in [5.74, 6) is 1.01. The summed E-state index contributed by atoms with van der Waals surface area (Å²) in [5, 5.41) is 3.63. The quantitative estimate of drug-likeness (QED) is 0.899. The lowest BCUT2D eigenvalue weighted by Gasteiger charge is -2.25. The second-order valence-corrected chi connectivity index (χ2v) is 5.72. The standard InChI is InChI=1S/C17H23N3/c1-14(15-8-4-2-5-9-15)20-13-12-18-17(20)19-16-10-6-3-7-11-16/h2,4-5,8-9,12-14,16H,3,6-7,10-11H2,1H3,(H,18,19). The molecule has 1 saturated carbocycles. The fourth-order valence-electron chi connectivity index (χ4n) is 3.06. The molecule has 1 aromatic carbocycles. The van der Waals surface area contributed by atoms with Gasteiger partial charge in [-0.25, -0.2) is 4.98 Å². The predicted molar refractivity (Wildman–Crippen MR) is 83.0 cm³/mol. The fourth-order valence-corrected chi connectivity index (χ4v) is 3.06. The number of imidazole rings is 1. The lowest BCUT2D eigenvalue weighted by atomic mass is 9.96.